The molecule has 0 spiro atoms. The lowest BCUT2D eigenvalue weighted by molar-refractivity contribution is 0.101. The summed E-state index contributed by atoms with van der Waals surface area (Å²) in [4.78, 5) is 25.1. The summed E-state index contributed by atoms with van der Waals surface area (Å²) in [6.07, 6.45) is 0. The molecule has 0 atom stereocenters. The monoisotopic (exact) mass is 451 g/mol. The molecule has 0 aromatic heterocycles. The normalized spacial score (nSPS) is 9.88. The quantitative estimate of drug-likeness (QED) is 0.172. The fourth-order valence-corrected chi connectivity index (χ4v) is 2.84. The van der Waals surface area contributed by atoms with Crippen LogP contribution in [0.2, 0.25) is 0 Å². The van der Waals surface area contributed by atoms with Crippen molar-refractivity contribution >= 4 is 53.0 Å². The number of anilines is 3. The predicted molar refractivity (Wildman–Crippen MR) is 129 cm³/mol. The van der Waals surface area contributed by atoms with E-state index in [2.05, 4.69) is 10.6 Å². The molecule has 0 heterocycles. The first kappa shape index (κ1) is 23.9. The third-order valence-corrected chi connectivity index (χ3v) is 4.42. The van der Waals surface area contributed by atoms with Gasteiger partial charge in [0.1, 0.15) is 11.7 Å². The van der Waals surface area contributed by atoms with E-state index in [1.165, 1.54) is 18.2 Å². The van der Waals surface area contributed by atoms with Gasteiger partial charge in [-0.3, -0.25) is 20.4 Å². The van der Waals surface area contributed by atoms with Gasteiger partial charge in [-0.15, -0.1) is 12.4 Å². The molecule has 0 fully saturated rings. The van der Waals surface area contributed by atoms with Crippen molar-refractivity contribution in [2.24, 2.45) is 11.5 Å². The largest absolute Gasteiger partial charge is 0.398 e. The molecule has 0 unspecified atom stereocenters. The van der Waals surface area contributed by atoms with Crippen LogP contribution in [0.3, 0.4) is 0 Å². The van der Waals surface area contributed by atoms with E-state index in [1.807, 2.05) is 0 Å². The Labute approximate surface area is 190 Å². The summed E-state index contributed by atoms with van der Waals surface area (Å²) in [5.74, 6) is -1.10. The highest BCUT2D eigenvalue weighted by molar-refractivity contribution is 6.11. The zero-order chi connectivity index (χ0) is 22.5. The van der Waals surface area contributed by atoms with Gasteiger partial charge >= 0.3 is 0 Å². The molecule has 0 aliphatic carbocycles. The van der Waals surface area contributed by atoms with Crippen LogP contribution in [0.25, 0.3) is 0 Å². The zero-order valence-corrected chi connectivity index (χ0v) is 17.6. The molecule has 0 aliphatic heterocycles. The molecular formula is C22H22ClN7O2. The van der Waals surface area contributed by atoms with Crippen LogP contribution in [0.5, 0.6) is 0 Å². The van der Waals surface area contributed by atoms with Gasteiger partial charge in [-0.25, -0.2) is 0 Å². The smallest absolute Gasteiger partial charge is 0.257 e. The lowest BCUT2D eigenvalue weighted by atomic mass is 10.1. The number of amides is 2. The Bertz CT molecular complexity index is 1210. The number of halogens is 1. The lowest BCUT2D eigenvalue weighted by Crippen LogP contribution is -2.17. The summed E-state index contributed by atoms with van der Waals surface area (Å²) in [7, 11) is 0. The van der Waals surface area contributed by atoms with Crippen LogP contribution in [-0.2, 0) is 0 Å². The van der Waals surface area contributed by atoms with E-state index in [9.17, 15) is 9.59 Å². The van der Waals surface area contributed by atoms with Crippen LogP contribution in [0.4, 0.5) is 17.1 Å². The van der Waals surface area contributed by atoms with Crippen molar-refractivity contribution in [3.8, 4) is 0 Å². The Morgan fingerprint density at radius 3 is 1.66 bits per heavy atom. The molecule has 0 aliphatic rings. The average Bonchev–Trinajstić information content (AvgIpc) is 2.73. The lowest BCUT2D eigenvalue weighted by Gasteiger charge is -2.11. The van der Waals surface area contributed by atoms with Gasteiger partial charge < -0.3 is 27.8 Å². The third kappa shape index (κ3) is 5.61. The number of hydrogen-bond donors (Lipinski definition) is 7. The maximum atomic E-state index is 12.6. The highest BCUT2D eigenvalue weighted by Crippen LogP contribution is 2.19. The van der Waals surface area contributed by atoms with Crippen molar-refractivity contribution < 1.29 is 9.59 Å². The molecule has 0 saturated carbocycles. The number of nitrogens with two attached hydrogens (primary N) is 3. The van der Waals surface area contributed by atoms with E-state index in [4.69, 9.17) is 28.0 Å². The predicted octanol–water partition coefficient (Wildman–Crippen LogP) is 2.76. The fourth-order valence-electron chi connectivity index (χ4n) is 2.84. The van der Waals surface area contributed by atoms with Gasteiger partial charge in [-0.1, -0.05) is 24.3 Å². The van der Waals surface area contributed by atoms with E-state index < -0.39 is 11.8 Å². The summed E-state index contributed by atoms with van der Waals surface area (Å²) < 4.78 is 0. The van der Waals surface area contributed by atoms with Gasteiger partial charge in [-0.2, -0.15) is 0 Å². The van der Waals surface area contributed by atoms with E-state index in [1.54, 1.807) is 48.5 Å². The van der Waals surface area contributed by atoms with Gasteiger partial charge in [0.15, 0.2) is 0 Å². The van der Waals surface area contributed by atoms with E-state index in [0.717, 1.165) is 0 Å². The average molecular weight is 452 g/mol. The summed E-state index contributed by atoms with van der Waals surface area (Å²) in [6.45, 7) is 0. The number of nitrogens with one attached hydrogen (secondary N) is 4. The number of carbonyl (C=O) groups excluding carboxylic acids is 2. The standard InChI is InChI=1S/C22H21N7O2.ClH/c23-18-11-14(21(30)28-15-5-1-3-12(9-15)19(24)25)7-8-17(18)22(31)29-16-6-2-4-13(10-16)20(26)27;/h1-11H,23H2,(H3,24,25)(H3,26,27)(H,28,30)(H,29,31);1H. The minimum Gasteiger partial charge on any atom is -0.398 e. The molecule has 3 rings (SSSR count). The first-order chi connectivity index (χ1) is 14.7. The van der Waals surface area contributed by atoms with Crippen LogP contribution >= 0.6 is 12.4 Å². The Kier molecular flexibility index (Phi) is 7.54. The third-order valence-electron chi connectivity index (χ3n) is 4.42. The fraction of sp³-hybridized carbons (Fsp3) is 0. The minimum atomic E-state index is -0.459. The molecule has 0 bridgehead atoms. The second kappa shape index (κ2) is 10.1. The second-order valence-corrected chi connectivity index (χ2v) is 6.70. The highest BCUT2D eigenvalue weighted by Gasteiger charge is 2.14. The topological polar surface area (TPSA) is 184 Å². The Morgan fingerprint density at radius 1 is 0.688 bits per heavy atom. The molecule has 0 radical (unpaired) electrons. The van der Waals surface area contributed by atoms with Crippen molar-refractivity contribution in [2.75, 3.05) is 16.4 Å². The molecular weight excluding hydrogens is 430 g/mol. The summed E-state index contributed by atoms with van der Waals surface area (Å²) in [6, 6.07) is 17.5. The minimum absolute atomic E-state index is 0. The number of carbonyl (C=O) groups is 2. The Balaban J connectivity index is 0.00000363. The number of benzene rings is 3. The molecule has 10 N–H and O–H groups in total. The van der Waals surface area contributed by atoms with Gasteiger partial charge in [0.25, 0.3) is 11.8 Å². The molecule has 0 saturated heterocycles. The van der Waals surface area contributed by atoms with Crippen LogP contribution in [0.1, 0.15) is 31.8 Å². The first-order valence-electron chi connectivity index (χ1n) is 9.16. The zero-order valence-electron chi connectivity index (χ0n) is 16.8. The number of rotatable bonds is 6. The van der Waals surface area contributed by atoms with Gasteiger partial charge in [0.05, 0.1) is 5.56 Å². The maximum absolute atomic E-state index is 12.6. The van der Waals surface area contributed by atoms with E-state index >= 15 is 0 Å². The first-order valence-corrected chi connectivity index (χ1v) is 9.16. The van der Waals surface area contributed by atoms with E-state index in [0.29, 0.717) is 22.5 Å². The second-order valence-electron chi connectivity index (χ2n) is 6.70. The van der Waals surface area contributed by atoms with Gasteiger partial charge in [0.2, 0.25) is 0 Å². The summed E-state index contributed by atoms with van der Waals surface area (Å²) in [5.41, 5.74) is 19.4. The molecule has 2 amide bonds. The summed E-state index contributed by atoms with van der Waals surface area (Å²) >= 11 is 0. The maximum Gasteiger partial charge on any atom is 0.257 e. The number of amidine groups is 2. The van der Waals surface area contributed by atoms with Crippen molar-refractivity contribution in [3.05, 3.63) is 89.0 Å². The number of nitrogen functional groups attached to an aromatic ring is 3. The molecule has 32 heavy (non-hydrogen) atoms. The van der Waals surface area contributed by atoms with Crippen LogP contribution in [-0.4, -0.2) is 23.5 Å². The molecule has 10 heteroatoms. The SMILES string of the molecule is Cl.N=C(N)c1cccc(NC(=O)c2ccc(C(=O)Nc3cccc(C(=N)N)c3)c(N)c2)c1. The van der Waals surface area contributed by atoms with E-state index in [-0.39, 0.29) is 40.9 Å². The van der Waals surface area contributed by atoms with Crippen LogP contribution < -0.4 is 27.8 Å². The molecule has 164 valence electrons. The Morgan fingerprint density at radius 2 is 1.19 bits per heavy atom. The van der Waals surface area contributed by atoms with Crippen LogP contribution in [0.15, 0.2) is 66.7 Å². The van der Waals surface area contributed by atoms with Gasteiger partial charge in [0, 0.05) is 33.8 Å². The van der Waals surface area contributed by atoms with Gasteiger partial charge in [-0.05, 0) is 42.5 Å². The molecule has 3 aromatic carbocycles. The number of hydrogen-bond acceptors (Lipinski definition) is 5. The van der Waals surface area contributed by atoms with Crippen molar-refractivity contribution in [2.45, 2.75) is 0 Å². The molecule has 9 nitrogen and oxygen atoms in total. The molecule has 3 aromatic rings. The van der Waals surface area contributed by atoms with Crippen molar-refractivity contribution in [1.82, 2.24) is 0 Å². The van der Waals surface area contributed by atoms with Crippen molar-refractivity contribution in [3.63, 3.8) is 0 Å². The summed E-state index contributed by atoms with van der Waals surface area (Å²) in [5, 5.41) is 20.4. The Hall–Kier alpha value is -4.37. The van der Waals surface area contributed by atoms with Crippen molar-refractivity contribution in [1.29, 1.82) is 10.8 Å². The van der Waals surface area contributed by atoms with Crippen LogP contribution in [0, 0.1) is 10.8 Å². The highest BCUT2D eigenvalue weighted by atomic mass is 35.5.